The Labute approximate surface area is 321 Å². The summed E-state index contributed by atoms with van der Waals surface area (Å²) >= 11 is 0. The SMILES string of the molecule is CCCCCCCCCCC/C=C/[C@@H](O)[C@H](COP(=O)(O)OCC[N+](C)(C)C)NC(=O)CCC/C=C\C[C@H]1C(=O)C[C@@H](O)[C@@H]1/C=C/[C@@H](O)CCCCC. The van der Waals surface area contributed by atoms with Gasteiger partial charge in [0.05, 0.1) is 52.1 Å². The normalized spacial score (nSPS) is 21.2. The number of Topliss-reactive ketones (excluding diaryl/α,β-unsaturated/α-hetero) is 1. The van der Waals surface area contributed by atoms with Crippen molar-refractivity contribution in [2.45, 2.75) is 160 Å². The van der Waals surface area contributed by atoms with Crippen LogP contribution in [-0.4, -0.2) is 102 Å². The summed E-state index contributed by atoms with van der Waals surface area (Å²) in [7, 11) is 1.40. The molecule has 53 heavy (non-hydrogen) atoms. The van der Waals surface area contributed by atoms with Crippen LogP contribution in [0.1, 0.15) is 136 Å². The Morgan fingerprint density at radius 1 is 0.887 bits per heavy atom. The van der Waals surface area contributed by atoms with Crippen LogP contribution in [0, 0.1) is 11.8 Å². The first kappa shape index (κ1) is 49.3. The van der Waals surface area contributed by atoms with E-state index < -0.39 is 38.8 Å². The largest absolute Gasteiger partial charge is 0.472 e. The number of phosphoric ester groups is 1. The number of unbranched alkanes of at least 4 members (excludes halogenated alkanes) is 12. The number of aliphatic hydroxyl groups excluding tert-OH is 3. The molecule has 5 N–H and O–H groups in total. The quantitative estimate of drug-likeness (QED) is 0.0204. The topological polar surface area (TPSA) is 163 Å². The molecule has 1 rings (SSSR count). The average Bonchev–Trinajstić information content (AvgIpc) is 3.36. The summed E-state index contributed by atoms with van der Waals surface area (Å²) in [5, 5.41) is 34.4. The van der Waals surface area contributed by atoms with Crippen molar-refractivity contribution in [1.29, 1.82) is 0 Å². The molecule has 1 aliphatic rings. The van der Waals surface area contributed by atoms with Crippen LogP contribution in [0.25, 0.3) is 0 Å². The van der Waals surface area contributed by atoms with Crippen molar-refractivity contribution in [3.8, 4) is 0 Å². The molecule has 1 amide bonds. The van der Waals surface area contributed by atoms with E-state index in [-0.39, 0.29) is 43.0 Å². The van der Waals surface area contributed by atoms with Crippen molar-refractivity contribution in [3.63, 3.8) is 0 Å². The van der Waals surface area contributed by atoms with Gasteiger partial charge in [-0.05, 0) is 38.5 Å². The summed E-state index contributed by atoms with van der Waals surface area (Å²) < 4.78 is 23.4. The van der Waals surface area contributed by atoms with Crippen molar-refractivity contribution in [1.82, 2.24) is 5.32 Å². The van der Waals surface area contributed by atoms with E-state index in [1.807, 2.05) is 39.4 Å². The predicted molar refractivity (Wildman–Crippen MR) is 213 cm³/mol. The average molecular weight is 772 g/mol. The third-order valence-electron chi connectivity index (χ3n) is 9.72. The van der Waals surface area contributed by atoms with Gasteiger partial charge in [0.15, 0.2) is 0 Å². The zero-order valence-electron chi connectivity index (χ0n) is 33.7. The summed E-state index contributed by atoms with van der Waals surface area (Å²) in [6, 6.07) is -0.949. The number of phosphoric acid groups is 1. The van der Waals surface area contributed by atoms with Crippen molar-refractivity contribution >= 4 is 19.5 Å². The fourth-order valence-corrected chi connectivity index (χ4v) is 7.05. The summed E-state index contributed by atoms with van der Waals surface area (Å²) in [5.41, 5.74) is 0. The number of aliphatic hydroxyl groups is 3. The molecule has 11 nitrogen and oxygen atoms in total. The van der Waals surface area contributed by atoms with Crippen LogP contribution in [0.3, 0.4) is 0 Å². The number of ketones is 1. The maximum Gasteiger partial charge on any atom is 0.472 e. The number of hydrogen-bond donors (Lipinski definition) is 5. The van der Waals surface area contributed by atoms with Crippen LogP contribution in [0.4, 0.5) is 0 Å². The summed E-state index contributed by atoms with van der Waals surface area (Å²) in [4.78, 5) is 35.7. The highest BCUT2D eigenvalue weighted by Gasteiger charge is 2.39. The van der Waals surface area contributed by atoms with Gasteiger partial charge in [0.1, 0.15) is 18.9 Å². The molecule has 308 valence electrons. The van der Waals surface area contributed by atoms with E-state index in [2.05, 4.69) is 19.2 Å². The Morgan fingerprint density at radius 2 is 1.51 bits per heavy atom. The Balaban J connectivity index is 2.63. The van der Waals surface area contributed by atoms with E-state index in [0.717, 1.165) is 38.5 Å². The third kappa shape index (κ3) is 25.2. The van der Waals surface area contributed by atoms with E-state index in [9.17, 15) is 34.4 Å². The van der Waals surface area contributed by atoms with E-state index >= 15 is 0 Å². The number of carbonyl (C=O) groups is 2. The van der Waals surface area contributed by atoms with Crippen LogP contribution in [0.15, 0.2) is 36.5 Å². The number of quaternary nitrogens is 1. The smallest absolute Gasteiger partial charge is 0.392 e. The zero-order valence-corrected chi connectivity index (χ0v) is 34.6. The molecule has 0 aromatic carbocycles. The highest BCUT2D eigenvalue weighted by Crippen LogP contribution is 2.43. The van der Waals surface area contributed by atoms with Gasteiger partial charge in [-0.3, -0.25) is 18.6 Å². The number of allylic oxidation sites excluding steroid dienone is 3. The lowest BCUT2D eigenvalue weighted by Gasteiger charge is -2.25. The van der Waals surface area contributed by atoms with Gasteiger partial charge in [-0.25, -0.2) is 4.57 Å². The van der Waals surface area contributed by atoms with Crippen molar-refractivity contribution in [3.05, 3.63) is 36.5 Å². The van der Waals surface area contributed by atoms with Crippen molar-refractivity contribution in [2.75, 3.05) is 40.9 Å². The monoisotopic (exact) mass is 772 g/mol. The molecule has 1 aliphatic carbocycles. The molecule has 1 saturated carbocycles. The lowest BCUT2D eigenvalue weighted by molar-refractivity contribution is -0.870. The van der Waals surface area contributed by atoms with Crippen LogP contribution in [0.5, 0.6) is 0 Å². The molecule has 1 unspecified atom stereocenters. The number of nitrogens with zero attached hydrogens (tertiary/aromatic N) is 1. The highest BCUT2D eigenvalue weighted by atomic mass is 31.2. The molecule has 0 bridgehead atoms. The summed E-state index contributed by atoms with van der Waals surface area (Å²) in [5.74, 6) is -0.996. The molecule has 12 heteroatoms. The second-order valence-corrected chi connectivity index (χ2v) is 17.2. The van der Waals surface area contributed by atoms with Gasteiger partial charge < -0.3 is 30.0 Å². The number of rotatable bonds is 32. The first-order valence-electron chi connectivity index (χ1n) is 20.5. The predicted octanol–water partition coefficient (Wildman–Crippen LogP) is 7.33. The first-order chi connectivity index (χ1) is 25.2. The van der Waals surface area contributed by atoms with E-state index in [0.29, 0.717) is 36.7 Å². The minimum atomic E-state index is -4.41. The van der Waals surface area contributed by atoms with Crippen molar-refractivity contribution in [2.24, 2.45) is 11.8 Å². The number of carbonyl (C=O) groups excluding carboxylic acids is 2. The summed E-state index contributed by atoms with van der Waals surface area (Å²) in [6.07, 6.45) is 25.7. The van der Waals surface area contributed by atoms with Gasteiger partial charge in [0.25, 0.3) is 0 Å². The highest BCUT2D eigenvalue weighted by molar-refractivity contribution is 7.47. The fraction of sp³-hybridized carbons (Fsp3) is 0.805. The number of hydrogen-bond acceptors (Lipinski definition) is 8. The van der Waals surface area contributed by atoms with E-state index in [1.165, 1.54) is 44.9 Å². The molecule has 0 heterocycles. The second-order valence-electron chi connectivity index (χ2n) is 15.8. The molecule has 1 fully saturated rings. The lowest BCUT2D eigenvalue weighted by Crippen LogP contribution is -2.45. The molecule has 0 aromatic heterocycles. The van der Waals surface area contributed by atoms with E-state index in [1.54, 1.807) is 18.2 Å². The molecular formula is C41H76N2O9P+. The number of nitrogens with one attached hydrogen (secondary N) is 1. The second kappa shape index (κ2) is 28.7. The Morgan fingerprint density at radius 3 is 2.17 bits per heavy atom. The van der Waals surface area contributed by atoms with Crippen LogP contribution >= 0.6 is 7.82 Å². The molecule has 0 saturated heterocycles. The molecule has 0 aliphatic heterocycles. The Bertz CT molecular complexity index is 1120. The van der Waals surface area contributed by atoms with E-state index in [4.69, 9.17) is 9.05 Å². The fourth-order valence-electron chi connectivity index (χ4n) is 6.31. The van der Waals surface area contributed by atoms with Crippen LogP contribution in [-0.2, 0) is 23.2 Å². The Hall–Kier alpha value is -1.69. The standard InChI is InChI=1S/C41H75N2O9P/c1-6-8-10-11-12-13-14-15-16-17-22-26-38(45)37(33-52-53(49,50)51-31-30-43(3,4)5)42-41(48)27-23-19-18-21-25-35-36(40(47)32-39(35)46)29-28-34(44)24-20-9-7-2/h18,21-22,26,28-29,34-38,40,44-45,47H,6-17,19-20,23-25,27,30-33H2,1-5H3,(H-,42,48,49,50)/p+1/b21-18-,26-22+,29-28+/t34-,35+,36+,37-,38+,40+/m0/s1. The molecule has 0 aromatic rings. The first-order valence-corrected chi connectivity index (χ1v) is 22.0. The van der Waals surface area contributed by atoms with Gasteiger partial charge in [0.2, 0.25) is 5.91 Å². The Kier molecular flexibility index (Phi) is 26.7. The third-order valence-corrected chi connectivity index (χ3v) is 10.7. The van der Waals surface area contributed by atoms with Gasteiger partial charge in [-0.1, -0.05) is 121 Å². The van der Waals surface area contributed by atoms with Crippen LogP contribution in [0.2, 0.25) is 0 Å². The summed E-state index contributed by atoms with van der Waals surface area (Å²) in [6.45, 7) is 4.43. The maximum atomic E-state index is 12.9. The van der Waals surface area contributed by atoms with Gasteiger partial charge in [0, 0.05) is 24.7 Å². The molecule has 0 radical (unpaired) electrons. The minimum Gasteiger partial charge on any atom is -0.392 e. The van der Waals surface area contributed by atoms with Crippen LogP contribution < -0.4 is 5.32 Å². The lowest BCUT2D eigenvalue weighted by atomic mass is 9.90. The maximum absolute atomic E-state index is 12.9. The van der Waals surface area contributed by atoms with Crippen molar-refractivity contribution < 1.29 is 47.9 Å². The van der Waals surface area contributed by atoms with Gasteiger partial charge in [-0.2, -0.15) is 0 Å². The minimum absolute atomic E-state index is 0.0110. The van der Waals surface area contributed by atoms with Gasteiger partial charge in [-0.15, -0.1) is 0 Å². The number of amides is 1. The zero-order chi connectivity index (χ0) is 39.5. The molecule has 0 spiro atoms. The van der Waals surface area contributed by atoms with Gasteiger partial charge >= 0.3 is 7.82 Å². The number of likely N-dealkylation sites (N-methyl/N-ethyl adjacent to an activating group) is 1. The molecular weight excluding hydrogens is 695 g/mol. The molecule has 7 atom stereocenters.